The Bertz CT molecular complexity index is 680. The summed E-state index contributed by atoms with van der Waals surface area (Å²) in [6.07, 6.45) is -0.0291. The van der Waals surface area contributed by atoms with Crippen LogP contribution in [0.4, 0.5) is 0 Å². The number of nitrogens with two attached hydrogens (primary N) is 2. The van der Waals surface area contributed by atoms with Crippen molar-refractivity contribution >= 4 is 29.6 Å². The van der Waals surface area contributed by atoms with Gasteiger partial charge >= 0.3 is 5.97 Å². The SMILES string of the molecule is CC(C)CC(NC(=O)C(N)C(C)C)C(=O)NC(CCC(N)=O)C(=O)NC(C(=O)O)C(C)C. The predicted octanol–water partition coefficient (Wildman–Crippen LogP) is -0.524. The Morgan fingerprint density at radius 1 is 0.781 bits per heavy atom. The second-order valence-electron chi connectivity index (χ2n) is 9.10. The number of carbonyl (C=O) groups excluding carboxylic acids is 4. The molecule has 4 unspecified atom stereocenters. The fourth-order valence-electron chi connectivity index (χ4n) is 2.87. The molecule has 0 bridgehead atoms. The number of carbonyl (C=O) groups is 5. The molecule has 0 aromatic heterocycles. The summed E-state index contributed by atoms with van der Waals surface area (Å²) >= 11 is 0. The van der Waals surface area contributed by atoms with Crippen LogP contribution in [0.25, 0.3) is 0 Å². The third-order valence-corrected chi connectivity index (χ3v) is 4.90. The van der Waals surface area contributed by atoms with Gasteiger partial charge in [-0.3, -0.25) is 19.2 Å². The lowest BCUT2D eigenvalue weighted by Gasteiger charge is -2.27. The van der Waals surface area contributed by atoms with Crippen molar-refractivity contribution in [2.24, 2.45) is 29.2 Å². The zero-order valence-corrected chi connectivity index (χ0v) is 19.8. The van der Waals surface area contributed by atoms with Crippen molar-refractivity contribution in [2.45, 2.75) is 85.0 Å². The van der Waals surface area contributed by atoms with Crippen molar-refractivity contribution in [1.29, 1.82) is 0 Å². The van der Waals surface area contributed by atoms with Crippen LogP contribution in [0, 0.1) is 17.8 Å². The monoisotopic (exact) mass is 457 g/mol. The maximum absolute atomic E-state index is 12.9. The summed E-state index contributed by atoms with van der Waals surface area (Å²) in [5, 5.41) is 16.9. The molecule has 4 atom stereocenters. The van der Waals surface area contributed by atoms with E-state index in [1.807, 2.05) is 13.8 Å². The van der Waals surface area contributed by atoms with Crippen molar-refractivity contribution in [3.8, 4) is 0 Å². The molecule has 184 valence electrons. The molecule has 11 heteroatoms. The van der Waals surface area contributed by atoms with E-state index < -0.39 is 59.7 Å². The Morgan fingerprint density at radius 3 is 1.69 bits per heavy atom. The van der Waals surface area contributed by atoms with Gasteiger partial charge < -0.3 is 32.5 Å². The largest absolute Gasteiger partial charge is 0.480 e. The first-order valence-corrected chi connectivity index (χ1v) is 10.8. The highest BCUT2D eigenvalue weighted by Gasteiger charge is 2.32. The van der Waals surface area contributed by atoms with E-state index in [9.17, 15) is 29.1 Å². The minimum atomic E-state index is -1.22. The number of carboxylic acids is 1. The number of hydrogen-bond acceptors (Lipinski definition) is 6. The zero-order valence-electron chi connectivity index (χ0n) is 19.8. The van der Waals surface area contributed by atoms with E-state index in [2.05, 4.69) is 16.0 Å². The lowest BCUT2D eigenvalue weighted by molar-refractivity contribution is -0.143. The molecule has 4 amide bonds. The summed E-state index contributed by atoms with van der Waals surface area (Å²) in [6, 6.07) is -4.16. The molecular weight excluding hydrogens is 418 g/mol. The normalized spacial score (nSPS) is 15.1. The highest BCUT2D eigenvalue weighted by molar-refractivity contribution is 5.94. The molecule has 0 radical (unpaired) electrons. The number of amides is 4. The summed E-state index contributed by atoms with van der Waals surface area (Å²) in [5.74, 6) is -4.30. The standard InChI is InChI=1S/C21H39N5O6/c1-10(2)9-14(25-20(30)16(23)11(3)4)19(29)24-13(7-8-15(22)27)18(28)26-17(12(5)6)21(31)32/h10-14,16-17H,7-9,23H2,1-6H3,(H2,22,27)(H,24,29)(H,25,30)(H,26,28)(H,31,32). The van der Waals surface area contributed by atoms with Crippen LogP contribution in [-0.2, 0) is 24.0 Å². The molecule has 0 rings (SSSR count). The van der Waals surface area contributed by atoms with Crippen LogP contribution in [0.5, 0.6) is 0 Å². The van der Waals surface area contributed by atoms with Crippen LogP contribution in [0.2, 0.25) is 0 Å². The van der Waals surface area contributed by atoms with E-state index in [-0.39, 0.29) is 31.1 Å². The summed E-state index contributed by atoms with van der Waals surface area (Å²) in [5.41, 5.74) is 11.0. The molecular formula is C21H39N5O6. The first kappa shape index (κ1) is 29.3. The van der Waals surface area contributed by atoms with E-state index in [4.69, 9.17) is 11.5 Å². The van der Waals surface area contributed by atoms with Crippen LogP contribution in [0.15, 0.2) is 0 Å². The van der Waals surface area contributed by atoms with Crippen LogP contribution < -0.4 is 27.4 Å². The number of rotatable bonds is 14. The average molecular weight is 458 g/mol. The number of nitrogens with one attached hydrogen (secondary N) is 3. The highest BCUT2D eigenvalue weighted by Crippen LogP contribution is 2.09. The van der Waals surface area contributed by atoms with E-state index in [1.54, 1.807) is 27.7 Å². The summed E-state index contributed by atoms with van der Waals surface area (Å²) in [6.45, 7) is 10.5. The lowest BCUT2D eigenvalue weighted by Crippen LogP contribution is -2.58. The van der Waals surface area contributed by atoms with Gasteiger partial charge in [0, 0.05) is 6.42 Å². The Kier molecular flexibility index (Phi) is 12.5. The van der Waals surface area contributed by atoms with Crippen LogP contribution in [0.1, 0.15) is 60.8 Å². The molecule has 0 fully saturated rings. The minimum Gasteiger partial charge on any atom is -0.480 e. The third kappa shape index (κ3) is 10.6. The molecule has 32 heavy (non-hydrogen) atoms. The van der Waals surface area contributed by atoms with Crippen LogP contribution in [-0.4, -0.2) is 58.9 Å². The average Bonchev–Trinajstić information content (AvgIpc) is 2.66. The predicted molar refractivity (Wildman–Crippen MR) is 119 cm³/mol. The van der Waals surface area contributed by atoms with Gasteiger partial charge in [0.1, 0.15) is 18.1 Å². The quantitative estimate of drug-likeness (QED) is 0.202. The van der Waals surface area contributed by atoms with E-state index in [1.165, 1.54) is 0 Å². The first-order chi connectivity index (χ1) is 14.7. The highest BCUT2D eigenvalue weighted by atomic mass is 16.4. The molecule has 0 aromatic carbocycles. The van der Waals surface area contributed by atoms with Crippen molar-refractivity contribution < 1.29 is 29.1 Å². The molecule has 0 aliphatic rings. The molecule has 0 saturated carbocycles. The number of carboxylic acid groups (broad SMARTS) is 1. The fraction of sp³-hybridized carbons (Fsp3) is 0.762. The second-order valence-corrected chi connectivity index (χ2v) is 9.10. The van der Waals surface area contributed by atoms with Gasteiger partial charge in [0.05, 0.1) is 6.04 Å². The minimum absolute atomic E-state index is 0.0385. The third-order valence-electron chi connectivity index (χ3n) is 4.90. The summed E-state index contributed by atoms with van der Waals surface area (Å²) < 4.78 is 0. The molecule has 0 aliphatic carbocycles. The Morgan fingerprint density at radius 2 is 1.28 bits per heavy atom. The fourth-order valence-corrected chi connectivity index (χ4v) is 2.87. The van der Waals surface area contributed by atoms with Gasteiger partial charge in [-0.15, -0.1) is 0 Å². The Labute approximate surface area is 189 Å². The Balaban J connectivity index is 5.58. The maximum Gasteiger partial charge on any atom is 0.326 e. The maximum atomic E-state index is 12.9. The van der Waals surface area contributed by atoms with E-state index >= 15 is 0 Å². The van der Waals surface area contributed by atoms with Crippen LogP contribution in [0.3, 0.4) is 0 Å². The Hall–Kier alpha value is -2.69. The molecule has 8 N–H and O–H groups in total. The zero-order chi connectivity index (χ0) is 25.2. The van der Waals surface area contributed by atoms with Crippen molar-refractivity contribution in [2.75, 3.05) is 0 Å². The molecule has 0 aromatic rings. The first-order valence-electron chi connectivity index (χ1n) is 10.8. The summed E-state index contributed by atoms with van der Waals surface area (Å²) in [7, 11) is 0. The van der Waals surface area contributed by atoms with Crippen molar-refractivity contribution in [3.63, 3.8) is 0 Å². The lowest BCUT2D eigenvalue weighted by atomic mass is 9.99. The van der Waals surface area contributed by atoms with Gasteiger partial charge in [-0.05, 0) is 30.6 Å². The smallest absolute Gasteiger partial charge is 0.326 e. The molecule has 0 aliphatic heterocycles. The van der Waals surface area contributed by atoms with Gasteiger partial charge in [0.2, 0.25) is 23.6 Å². The molecule has 11 nitrogen and oxygen atoms in total. The van der Waals surface area contributed by atoms with Gasteiger partial charge in [-0.25, -0.2) is 4.79 Å². The van der Waals surface area contributed by atoms with Gasteiger partial charge in [0.25, 0.3) is 0 Å². The number of aliphatic carboxylic acids is 1. The summed E-state index contributed by atoms with van der Waals surface area (Å²) in [4.78, 5) is 60.7. The van der Waals surface area contributed by atoms with Gasteiger partial charge in [-0.1, -0.05) is 41.5 Å². The van der Waals surface area contributed by atoms with Crippen LogP contribution >= 0.6 is 0 Å². The molecule has 0 spiro atoms. The van der Waals surface area contributed by atoms with E-state index in [0.717, 1.165) is 0 Å². The molecule has 0 saturated heterocycles. The second kappa shape index (κ2) is 13.7. The number of primary amides is 1. The topological polar surface area (TPSA) is 194 Å². The van der Waals surface area contributed by atoms with Crippen molar-refractivity contribution in [3.05, 3.63) is 0 Å². The number of hydrogen-bond donors (Lipinski definition) is 6. The van der Waals surface area contributed by atoms with Gasteiger partial charge in [0.15, 0.2) is 0 Å². The molecule has 0 heterocycles. The van der Waals surface area contributed by atoms with Crippen molar-refractivity contribution in [1.82, 2.24) is 16.0 Å². The van der Waals surface area contributed by atoms with E-state index in [0.29, 0.717) is 0 Å². The van der Waals surface area contributed by atoms with Gasteiger partial charge in [-0.2, -0.15) is 0 Å².